The van der Waals surface area contributed by atoms with Crippen molar-refractivity contribution in [1.82, 2.24) is 14.1 Å². The molecule has 0 fully saturated rings. The molecule has 1 heterocycles. The van der Waals surface area contributed by atoms with Crippen molar-refractivity contribution in [2.75, 3.05) is 13.2 Å². The van der Waals surface area contributed by atoms with E-state index in [-0.39, 0.29) is 6.61 Å². The summed E-state index contributed by atoms with van der Waals surface area (Å²) in [6, 6.07) is 0.500. The fourth-order valence-electron chi connectivity index (χ4n) is 1.91. The zero-order valence-electron chi connectivity index (χ0n) is 11.8. The van der Waals surface area contributed by atoms with Gasteiger partial charge < -0.3 is 15.2 Å². The van der Waals surface area contributed by atoms with E-state index in [1.807, 2.05) is 0 Å². The van der Waals surface area contributed by atoms with Crippen molar-refractivity contribution in [2.45, 2.75) is 58.1 Å². The summed E-state index contributed by atoms with van der Waals surface area (Å²) in [5, 5.41) is 13.3. The standard InChI is InChI=1S/C13H25N3O2S/c1-3-5-7-11(6-4-2)14-8-12(17)10-18-13-9-15-19-16-13/h9,11-12,14,17H,3-8,10H2,1-2H3. The Balaban J connectivity index is 2.16. The second-order valence-corrected chi connectivity index (χ2v) is 5.30. The average molecular weight is 287 g/mol. The fourth-order valence-corrected chi connectivity index (χ4v) is 2.28. The van der Waals surface area contributed by atoms with Crippen LogP contribution in [0, 0.1) is 0 Å². The summed E-state index contributed by atoms with van der Waals surface area (Å²) in [6.07, 6.45) is 6.99. The zero-order chi connectivity index (χ0) is 13.9. The first-order valence-corrected chi connectivity index (χ1v) is 7.81. The number of nitrogens with one attached hydrogen (secondary N) is 1. The number of unbranched alkanes of at least 4 members (excludes halogenated alkanes) is 1. The Morgan fingerprint density at radius 2 is 2.21 bits per heavy atom. The third kappa shape index (κ3) is 7.44. The molecule has 5 nitrogen and oxygen atoms in total. The summed E-state index contributed by atoms with van der Waals surface area (Å²) >= 11 is 1.10. The molecule has 0 spiro atoms. The van der Waals surface area contributed by atoms with Crippen LogP contribution in [0.5, 0.6) is 5.88 Å². The summed E-state index contributed by atoms with van der Waals surface area (Å²) in [6.45, 7) is 5.21. The number of aliphatic hydroxyl groups is 1. The number of hydrogen-bond acceptors (Lipinski definition) is 6. The lowest BCUT2D eigenvalue weighted by Gasteiger charge is -2.20. The molecule has 0 amide bonds. The van der Waals surface area contributed by atoms with E-state index in [0.717, 1.165) is 18.1 Å². The average Bonchev–Trinajstić information content (AvgIpc) is 2.92. The van der Waals surface area contributed by atoms with Gasteiger partial charge in [0.1, 0.15) is 18.9 Å². The van der Waals surface area contributed by atoms with Gasteiger partial charge in [-0.05, 0) is 12.8 Å². The number of aliphatic hydroxyl groups excluding tert-OH is 1. The molecule has 0 saturated heterocycles. The molecule has 19 heavy (non-hydrogen) atoms. The summed E-state index contributed by atoms with van der Waals surface area (Å²) in [7, 11) is 0. The van der Waals surface area contributed by atoms with Crippen LogP contribution in [-0.2, 0) is 0 Å². The Morgan fingerprint density at radius 1 is 1.37 bits per heavy atom. The molecule has 0 aliphatic carbocycles. The third-order valence-electron chi connectivity index (χ3n) is 2.95. The van der Waals surface area contributed by atoms with Crippen LogP contribution < -0.4 is 10.1 Å². The van der Waals surface area contributed by atoms with Gasteiger partial charge >= 0.3 is 0 Å². The van der Waals surface area contributed by atoms with Gasteiger partial charge in [-0.3, -0.25) is 0 Å². The van der Waals surface area contributed by atoms with Crippen LogP contribution in [0.25, 0.3) is 0 Å². The van der Waals surface area contributed by atoms with Gasteiger partial charge in [0.25, 0.3) is 0 Å². The van der Waals surface area contributed by atoms with Crippen molar-refractivity contribution in [2.24, 2.45) is 0 Å². The van der Waals surface area contributed by atoms with Gasteiger partial charge in [-0.15, -0.1) is 4.37 Å². The highest BCUT2D eigenvalue weighted by Crippen LogP contribution is 2.08. The van der Waals surface area contributed by atoms with E-state index in [0.29, 0.717) is 18.5 Å². The Hall–Kier alpha value is -0.720. The number of rotatable bonds is 11. The molecule has 1 rings (SSSR count). The second-order valence-electron chi connectivity index (χ2n) is 4.75. The van der Waals surface area contributed by atoms with Gasteiger partial charge in [-0.2, -0.15) is 4.37 Å². The second kappa shape index (κ2) is 10.1. The first kappa shape index (κ1) is 16.3. The largest absolute Gasteiger partial charge is 0.473 e. The molecule has 0 bridgehead atoms. The van der Waals surface area contributed by atoms with Crippen molar-refractivity contribution in [3.63, 3.8) is 0 Å². The van der Waals surface area contributed by atoms with E-state index in [2.05, 4.69) is 27.9 Å². The van der Waals surface area contributed by atoms with Gasteiger partial charge in [-0.1, -0.05) is 33.1 Å². The summed E-state index contributed by atoms with van der Waals surface area (Å²) in [5.74, 6) is 0.486. The molecule has 1 aromatic heterocycles. The highest BCUT2D eigenvalue weighted by molar-refractivity contribution is 6.99. The van der Waals surface area contributed by atoms with E-state index in [9.17, 15) is 5.11 Å². The third-order valence-corrected chi connectivity index (χ3v) is 3.41. The number of aromatic nitrogens is 2. The van der Waals surface area contributed by atoms with Crippen LogP contribution >= 0.6 is 11.7 Å². The maximum absolute atomic E-state index is 9.86. The smallest absolute Gasteiger partial charge is 0.245 e. The van der Waals surface area contributed by atoms with Crippen molar-refractivity contribution >= 4 is 11.7 Å². The van der Waals surface area contributed by atoms with Gasteiger partial charge in [0, 0.05) is 12.6 Å². The first-order valence-electron chi connectivity index (χ1n) is 7.08. The highest BCUT2D eigenvalue weighted by atomic mass is 32.1. The minimum Gasteiger partial charge on any atom is -0.473 e. The van der Waals surface area contributed by atoms with Crippen LogP contribution in [-0.4, -0.2) is 39.2 Å². The molecule has 110 valence electrons. The summed E-state index contributed by atoms with van der Waals surface area (Å²) in [5.41, 5.74) is 0. The van der Waals surface area contributed by atoms with Gasteiger partial charge in [-0.25, -0.2) is 0 Å². The molecule has 0 aliphatic rings. The maximum Gasteiger partial charge on any atom is 0.245 e. The monoisotopic (exact) mass is 287 g/mol. The molecule has 2 atom stereocenters. The zero-order valence-corrected chi connectivity index (χ0v) is 12.7. The lowest BCUT2D eigenvalue weighted by atomic mass is 10.1. The molecule has 1 aromatic rings. The van der Waals surface area contributed by atoms with Crippen molar-refractivity contribution in [1.29, 1.82) is 0 Å². The van der Waals surface area contributed by atoms with Crippen LogP contribution in [0.1, 0.15) is 46.0 Å². The van der Waals surface area contributed by atoms with E-state index in [1.54, 1.807) is 6.20 Å². The summed E-state index contributed by atoms with van der Waals surface area (Å²) < 4.78 is 13.1. The van der Waals surface area contributed by atoms with Crippen molar-refractivity contribution < 1.29 is 9.84 Å². The highest BCUT2D eigenvalue weighted by Gasteiger charge is 2.11. The Kier molecular flexibility index (Phi) is 8.69. The topological polar surface area (TPSA) is 67.3 Å². The molecule has 0 aromatic carbocycles. The lowest BCUT2D eigenvalue weighted by molar-refractivity contribution is 0.101. The molecule has 6 heteroatoms. The minimum atomic E-state index is -0.511. The first-order chi connectivity index (χ1) is 9.26. The van der Waals surface area contributed by atoms with Gasteiger partial charge in [0.05, 0.1) is 11.7 Å². The van der Waals surface area contributed by atoms with Gasteiger partial charge in [0.2, 0.25) is 5.88 Å². The lowest BCUT2D eigenvalue weighted by Crippen LogP contribution is -2.38. The quantitative estimate of drug-likeness (QED) is 0.653. The van der Waals surface area contributed by atoms with E-state index >= 15 is 0 Å². The molecular weight excluding hydrogens is 262 g/mol. The predicted octanol–water partition coefficient (Wildman–Crippen LogP) is 2.23. The Bertz CT molecular complexity index is 309. The Labute approximate surface area is 119 Å². The SMILES string of the molecule is CCCCC(CCC)NCC(O)COc1cnsn1. The van der Waals surface area contributed by atoms with E-state index < -0.39 is 6.10 Å². The van der Waals surface area contributed by atoms with Crippen molar-refractivity contribution in [3.05, 3.63) is 6.20 Å². The predicted molar refractivity (Wildman–Crippen MR) is 77.6 cm³/mol. The van der Waals surface area contributed by atoms with Crippen LogP contribution in [0.4, 0.5) is 0 Å². The minimum absolute atomic E-state index is 0.255. The van der Waals surface area contributed by atoms with E-state index in [4.69, 9.17) is 4.74 Å². The molecule has 2 N–H and O–H groups in total. The molecule has 0 aliphatic heterocycles. The Morgan fingerprint density at radius 3 is 2.84 bits per heavy atom. The summed E-state index contributed by atoms with van der Waals surface area (Å²) in [4.78, 5) is 0. The van der Waals surface area contributed by atoms with Crippen molar-refractivity contribution in [3.8, 4) is 5.88 Å². The molecule has 0 radical (unpaired) electrons. The van der Waals surface area contributed by atoms with Crippen LogP contribution in [0.15, 0.2) is 6.20 Å². The molecule has 0 saturated carbocycles. The van der Waals surface area contributed by atoms with Crippen LogP contribution in [0.3, 0.4) is 0 Å². The van der Waals surface area contributed by atoms with Gasteiger partial charge in [0.15, 0.2) is 0 Å². The molecule has 2 unspecified atom stereocenters. The number of ether oxygens (including phenoxy) is 1. The molecular formula is C13H25N3O2S. The number of nitrogens with zero attached hydrogens (tertiary/aromatic N) is 2. The fraction of sp³-hybridized carbons (Fsp3) is 0.846. The maximum atomic E-state index is 9.86. The van der Waals surface area contributed by atoms with Crippen LogP contribution in [0.2, 0.25) is 0 Å². The normalized spacial score (nSPS) is 14.3. The van der Waals surface area contributed by atoms with E-state index in [1.165, 1.54) is 25.7 Å². The number of hydrogen-bond donors (Lipinski definition) is 2.